The highest BCUT2D eigenvalue weighted by Gasteiger charge is 2.24. The van der Waals surface area contributed by atoms with E-state index >= 15 is 0 Å². The van der Waals surface area contributed by atoms with Crippen molar-refractivity contribution in [3.05, 3.63) is 87.5 Å². The first-order chi connectivity index (χ1) is 18.4. The summed E-state index contributed by atoms with van der Waals surface area (Å²) in [7, 11) is 0. The lowest BCUT2D eigenvalue weighted by Gasteiger charge is -2.27. The van der Waals surface area contributed by atoms with Crippen molar-refractivity contribution >= 4 is 46.1 Å². The summed E-state index contributed by atoms with van der Waals surface area (Å²) < 4.78 is 5.71. The van der Waals surface area contributed by atoms with Gasteiger partial charge in [0.2, 0.25) is 0 Å². The molecule has 0 saturated heterocycles. The number of unbranched alkanes of at least 4 members (excludes halogenated alkanes) is 1. The number of aliphatic carboxylic acids is 1. The topological polar surface area (TPSA) is 101 Å². The Balaban J connectivity index is 1.43. The summed E-state index contributed by atoms with van der Waals surface area (Å²) in [5, 5.41) is 13.3. The number of carboxylic acid groups (broad SMARTS) is 1. The van der Waals surface area contributed by atoms with Crippen molar-refractivity contribution in [1.29, 1.82) is 0 Å². The fourth-order valence-corrected chi connectivity index (χ4v) is 4.86. The van der Waals surface area contributed by atoms with Gasteiger partial charge < -0.3 is 15.2 Å². The number of carbonyl (C=O) groups excluding carboxylic acids is 1. The summed E-state index contributed by atoms with van der Waals surface area (Å²) in [6.07, 6.45) is 2.50. The van der Waals surface area contributed by atoms with Crippen molar-refractivity contribution in [3.8, 4) is 17.0 Å². The fourth-order valence-electron chi connectivity index (χ4n) is 4.57. The Morgan fingerprint density at radius 1 is 0.947 bits per heavy atom. The van der Waals surface area contributed by atoms with Crippen molar-refractivity contribution in [2.45, 2.75) is 38.1 Å². The maximum Gasteiger partial charge on any atom is 0.303 e. The third-order valence-corrected chi connectivity index (χ3v) is 6.98. The van der Waals surface area contributed by atoms with Crippen molar-refractivity contribution in [1.82, 2.24) is 15.3 Å². The zero-order valence-electron chi connectivity index (χ0n) is 20.4. The van der Waals surface area contributed by atoms with Gasteiger partial charge in [0, 0.05) is 39.6 Å². The highest BCUT2D eigenvalue weighted by Crippen LogP contribution is 2.34. The van der Waals surface area contributed by atoms with Crippen LogP contribution in [-0.2, 0) is 11.2 Å². The number of halogens is 2. The van der Waals surface area contributed by atoms with Crippen LogP contribution in [0.4, 0.5) is 0 Å². The third kappa shape index (κ3) is 5.90. The van der Waals surface area contributed by atoms with Crippen LogP contribution in [0.25, 0.3) is 22.3 Å². The third-order valence-electron chi connectivity index (χ3n) is 6.49. The van der Waals surface area contributed by atoms with Crippen LogP contribution in [0.2, 0.25) is 10.0 Å². The van der Waals surface area contributed by atoms with Gasteiger partial charge in [0.15, 0.2) is 0 Å². The van der Waals surface area contributed by atoms with E-state index in [9.17, 15) is 9.59 Å². The van der Waals surface area contributed by atoms with Crippen molar-refractivity contribution in [2.75, 3.05) is 6.61 Å². The molecule has 7 nitrogen and oxygen atoms in total. The van der Waals surface area contributed by atoms with E-state index in [1.165, 1.54) is 0 Å². The van der Waals surface area contributed by atoms with Gasteiger partial charge in [0.05, 0.1) is 35.1 Å². The number of carboxylic acids is 1. The normalized spacial score (nSPS) is 14.5. The van der Waals surface area contributed by atoms with E-state index in [1.807, 2.05) is 18.2 Å². The number of nitrogens with zero attached hydrogens (tertiary/aromatic N) is 2. The Morgan fingerprint density at radius 2 is 1.74 bits per heavy atom. The highest BCUT2D eigenvalue weighted by molar-refractivity contribution is 6.31. The average Bonchev–Trinajstić information content (AvgIpc) is 2.90. The van der Waals surface area contributed by atoms with Crippen LogP contribution in [0.3, 0.4) is 0 Å². The minimum atomic E-state index is -0.821. The van der Waals surface area contributed by atoms with Gasteiger partial charge in [-0.05, 0) is 61.7 Å². The maximum absolute atomic E-state index is 13.2. The van der Waals surface area contributed by atoms with Crippen molar-refractivity contribution in [2.24, 2.45) is 0 Å². The minimum Gasteiger partial charge on any atom is -0.493 e. The predicted molar refractivity (Wildman–Crippen MR) is 147 cm³/mol. The molecule has 1 aliphatic rings. The molecule has 5 rings (SSSR count). The highest BCUT2D eigenvalue weighted by atomic mass is 35.5. The van der Waals surface area contributed by atoms with E-state index in [-0.39, 0.29) is 18.4 Å². The van der Waals surface area contributed by atoms with Crippen LogP contribution in [0, 0.1) is 0 Å². The second-order valence-electron chi connectivity index (χ2n) is 9.18. The molecule has 2 N–H and O–H groups in total. The maximum atomic E-state index is 13.2. The number of amides is 1. The van der Waals surface area contributed by atoms with Crippen LogP contribution in [0.5, 0.6) is 5.75 Å². The van der Waals surface area contributed by atoms with Gasteiger partial charge in [0.1, 0.15) is 5.75 Å². The van der Waals surface area contributed by atoms with Crippen LogP contribution < -0.4 is 10.1 Å². The van der Waals surface area contributed by atoms with Crippen LogP contribution >= 0.6 is 23.2 Å². The molecular formula is C29H25Cl2N3O4. The molecule has 0 bridgehead atoms. The van der Waals surface area contributed by atoms with Crippen LogP contribution in [0.1, 0.15) is 53.3 Å². The van der Waals surface area contributed by atoms with Gasteiger partial charge in [0.25, 0.3) is 5.91 Å². The second-order valence-corrected chi connectivity index (χ2v) is 10.0. The van der Waals surface area contributed by atoms with Crippen molar-refractivity contribution < 1.29 is 19.4 Å². The molecule has 0 spiro atoms. The molecule has 0 radical (unpaired) electrons. The Hall–Kier alpha value is -3.68. The standard InChI is InChI=1S/C29H25Cl2N3O4/c30-19-8-5-17(6-9-19)28-24(3-1-2-4-27(35)36)32-25-15-18(7-12-23(25)33-28)29(37)34-22-13-14-38-26-16-20(31)10-11-21(22)26/h5-12,15-16,22H,1-4,13-14H2,(H,34,37)(H,35,36)/t22-/m1/s1. The molecule has 0 fully saturated rings. The Labute approximate surface area is 229 Å². The number of hydrogen-bond donors (Lipinski definition) is 2. The Bertz CT molecular complexity index is 1510. The first kappa shape index (κ1) is 25.9. The molecule has 4 aromatic rings. The molecule has 1 amide bonds. The molecule has 0 saturated carbocycles. The molecule has 9 heteroatoms. The molecule has 0 unspecified atom stereocenters. The molecule has 1 aliphatic heterocycles. The lowest BCUT2D eigenvalue weighted by Crippen LogP contribution is -2.32. The smallest absolute Gasteiger partial charge is 0.303 e. The summed E-state index contributed by atoms with van der Waals surface area (Å²) in [5.41, 5.74) is 4.97. The number of nitrogens with one attached hydrogen (secondary N) is 1. The molecule has 1 atom stereocenters. The number of benzene rings is 3. The largest absolute Gasteiger partial charge is 0.493 e. The van der Waals surface area contributed by atoms with E-state index in [4.69, 9.17) is 43.0 Å². The molecule has 3 aromatic carbocycles. The second kappa shape index (κ2) is 11.4. The van der Waals surface area contributed by atoms with E-state index in [0.717, 1.165) is 22.5 Å². The fraction of sp³-hybridized carbons (Fsp3) is 0.241. The summed E-state index contributed by atoms with van der Waals surface area (Å²) in [6.45, 7) is 0.486. The monoisotopic (exact) mass is 549 g/mol. The van der Waals surface area contributed by atoms with Gasteiger partial charge in [-0.15, -0.1) is 0 Å². The van der Waals surface area contributed by atoms with E-state index in [0.29, 0.717) is 64.7 Å². The number of hydrogen-bond acceptors (Lipinski definition) is 5. The van der Waals surface area contributed by atoms with Gasteiger partial charge >= 0.3 is 5.97 Å². The molecule has 0 aliphatic carbocycles. The lowest BCUT2D eigenvalue weighted by molar-refractivity contribution is -0.137. The molecule has 194 valence electrons. The molecule has 38 heavy (non-hydrogen) atoms. The zero-order chi connectivity index (χ0) is 26.6. The lowest BCUT2D eigenvalue weighted by atomic mass is 10.00. The van der Waals surface area contributed by atoms with Crippen LogP contribution in [-0.4, -0.2) is 33.6 Å². The number of carbonyl (C=O) groups is 2. The van der Waals surface area contributed by atoms with Crippen LogP contribution in [0.15, 0.2) is 60.7 Å². The minimum absolute atomic E-state index is 0.100. The molecular weight excluding hydrogens is 525 g/mol. The van der Waals surface area contributed by atoms with Gasteiger partial charge in [-0.1, -0.05) is 41.4 Å². The summed E-state index contributed by atoms with van der Waals surface area (Å²) in [5.74, 6) is -0.356. The SMILES string of the molecule is O=C(O)CCCCc1nc2cc(C(=O)N[C@@H]3CCOc4cc(Cl)ccc43)ccc2nc1-c1ccc(Cl)cc1. The van der Waals surface area contributed by atoms with Crippen molar-refractivity contribution in [3.63, 3.8) is 0 Å². The first-order valence-corrected chi connectivity index (χ1v) is 13.1. The van der Waals surface area contributed by atoms with Gasteiger partial charge in [-0.3, -0.25) is 9.59 Å². The Morgan fingerprint density at radius 3 is 2.53 bits per heavy atom. The van der Waals surface area contributed by atoms with E-state index < -0.39 is 5.97 Å². The number of aryl methyl sites for hydroxylation is 1. The quantitative estimate of drug-likeness (QED) is 0.238. The van der Waals surface area contributed by atoms with Gasteiger partial charge in [-0.2, -0.15) is 0 Å². The summed E-state index contributed by atoms with van der Waals surface area (Å²) in [4.78, 5) is 33.9. The number of aromatic nitrogens is 2. The predicted octanol–water partition coefficient (Wildman–Crippen LogP) is 6.65. The number of ether oxygens (including phenoxy) is 1. The van der Waals surface area contributed by atoms with E-state index in [1.54, 1.807) is 42.5 Å². The van der Waals surface area contributed by atoms with E-state index in [2.05, 4.69) is 5.32 Å². The number of rotatable bonds is 8. The number of fused-ring (bicyclic) bond motifs is 2. The average molecular weight is 550 g/mol. The molecule has 1 aromatic heterocycles. The summed E-state index contributed by atoms with van der Waals surface area (Å²) >= 11 is 12.2. The Kier molecular flexibility index (Phi) is 7.77. The zero-order valence-corrected chi connectivity index (χ0v) is 21.9. The first-order valence-electron chi connectivity index (χ1n) is 12.4. The molecule has 2 heterocycles. The summed E-state index contributed by atoms with van der Waals surface area (Å²) in [6, 6.07) is 17.9. The van der Waals surface area contributed by atoms with Gasteiger partial charge in [-0.25, -0.2) is 9.97 Å².